The van der Waals surface area contributed by atoms with E-state index in [4.69, 9.17) is 4.55 Å². The van der Waals surface area contributed by atoms with Gasteiger partial charge in [0.05, 0.1) is 16.8 Å². The van der Waals surface area contributed by atoms with Crippen LogP contribution in [0, 0.1) is 0 Å². The van der Waals surface area contributed by atoms with E-state index in [1.54, 1.807) is 11.2 Å². The van der Waals surface area contributed by atoms with Crippen molar-refractivity contribution in [3.05, 3.63) is 46.9 Å². The lowest BCUT2D eigenvalue weighted by Crippen LogP contribution is -2.36. The number of hydrogen-bond acceptors (Lipinski definition) is 5. The fourth-order valence-corrected chi connectivity index (χ4v) is 3.10. The molecule has 0 unspecified atom stereocenters. The zero-order valence-electron chi connectivity index (χ0n) is 12.2. The highest BCUT2D eigenvalue weighted by atomic mass is 32.2. The van der Waals surface area contributed by atoms with Gasteiger partial charge in [-0.25, -0.2) is 0 Å². The molecule has 8 heteroatoms. The smallest absolute Gasteiger partial charge is 0.282 e. The summed E-state index contributed by atoms with van der Waals surface area (Å²) in [5.41, 5.74) is 0.980. The predicted molar refractivity (Wildman–Crippen MR) is 88.0 cm³/mol. The highest BCUT2D eigenvalue weighted by molar-refractivity contribution is 7.85. The summed E-state index contributed by atoms with van der Waals surface area (Å²) in [6, 6.07) is 9.77. The van der Waals surface area contributed by atoms with Crippen LogP contribution in [0.15, 0.2) is 47.0 Å². The molecule has 0 amide bonds. The zero-order valence-corrected chi connectivity index (χ0v) is 13.8. The van der Waals surface area contributed by atoms with E-state index in [0.717, 1.165) is 10.7 Å². The molecule has 0 fully saturated rings. The molecule has 2 rings (SSSR count). The summed E-state index contributed by atoms with van der Waals surface area (Å²) < 4.78 is 32.1. The molecule has 0 spiro atoms. The third-order valence-electron chi connectivity index (χ3n) is 2.99. The minimum atomic E-state index is -3.90. The van der Waals surface area contributed by atoms with Gasteiger partial charge < -0.3 is 0 Å². The fraction of sp³-hybridized carbons (Fsp3) is 0.286. The normalized spacial score (nSPS) is 11.9. The summed E-state index contributed by atoms with van der Waals surface area (Å²) in [6.45, 7) is 0.514. The second-order valence-electron chi connectivity index (χ2n) is 4.68. The van der Waals surface area contributed by atoms with Gasteiger partial charge in [0, 0.05) is 13.5 Å². The van der Waals surface area contributed by atoms with Crippen LogP contribution in [0.25, 0.3) is 0 Å². The first-order chi connectivity index (χ1) is 10.5. The van der Waals surface area contributed by atoms with Gasteiger partial charge in [-0.1, -0.05) is 29.5 Å². The van der Waals surface area contributed by atoms with Gasteiger partial charge >= 0.3 is 0 Å². The number of aromatic nitrogens is 1. The highest BCUT2D eigenvalue weighted by Crippen LogP contribution is 2.11. The van der Waals surface area contributed by atoms with Crippen molar-refractivity contribution in [3.63, 3.8) is 0 Å². The number of para-hydroxylation sites is 1. The predicted octanol–water partition coefficient (Wildman–Crippen LogP) is 1.78. The molecule has 118 valence electrons. The van der Waals surface area contributed by atoms with Crippen molar-refractivity contribution in [3.8, 4) is 0 Å². The van der Waals surface area contributed by atoms with Gasteiger partial charge in [-0.05, 0) is 12.1 Å². The summed E-state index contributed by atoms with van der Waals surface area (Å²) in [6.07, 6.45) is 3.97. The molecular weight excluding hydrogens is 322 g/mol. The number of anilines is 1. The first kappa shape index (κ1) is 16.6. The van der Waals surface area contributed by atoms with Gasteiger partial charge in [-0.15, -0.1) is 0 Å². The Hall–Kier alpha value is -1.77. The van der Waals surface area contributed by atoms with Crippen molar-refractivity contribution in [1.82, 2.24) is 0 Å². The third-order valence-corrected chi connectivity index (χ3v) is 4.63. The second kappa shape index (κ2) is 7.48. The molecule has 0 radical (unpaired) electrons. The van der Waals surface area contributed by atoms with Crippen molar-refractivity contribution in [2.75, 3.05) is 17.8 Å². The topological polar surface area (TPSA) is 73.8 Å². The van der Waals surface area contributed by atoms with E-state index in [2.05, 4.69) is 5.10 Å². The Morgan fingerprint density at radius 3 is 2.77 bits per heavy atom. The van der Waals surface area contributed by atoms with E-state index >= 15 is 0 Å². The van der Waals surface area contributed by atoms with Crippen LogP contribution in [-0.4, -0.2) is 32.0 Å². The Labute approximate surface area is 134 Å². The molecule has 0 aliphatic carbocycles. The number of rotatable bonds is 7. The minimum Gasteiger partial charge on any atom is -0.286 e. The Bertz CT molecular complexity index is 727. The van der Waals surface area contributed by atoms with Gasteiger partial charge in [0.15, 0.2) is 12.7 Å². The molecule has 0 bridgehead atoms. The molecule has 1 heterocycles. The number of benzene rings is 1. The second-order valence-corrected chi connectivity index (χ2v) is 7.18. The van der Waals surface area contributed by atoms with E-state index in [1.165, 1.54) is 11.3 Å². The quantitative estimate of drug-likeness (QED) is 0.361. The molecule has 0 saturated heterocycles. The van der Waals surface area contributed by atoms with Crippen molar-refractivity contribution in [2.24, 2.45) is 5.10 Å². The van der Waals surface area contributed by atoms with Crippen molar-refractivity contribution >= 4 is 33.4 Å². The third kappa shape index (κ3) is 5.21. The number of nitrogens with zero attached hydrogens (tertiary/aromatic N) is 3. The molecule has 0 saturated carbocycles. The minimum absolute atomic E-state index is 0.240. The van der Waals surface area contributed by atoms with Crippen LogP contribution in [-0.2, 0) is 16.7 Å². The van der Waals surface area contributed by atoms with Gasteiger partial charge in [0.1, 0.15) is 6.21 Å². The van der Waals surface area contributed by atoms with Gasteiger partial charge in [-0.2, -0.15) is 18.1 Å². The Morgan fingerprint density at radius 2 is 2.09 bits per heavy atom. The summed E-state index contributed by atoms with van der Waals surface area (Å²) >= 11 is 1.52. The fourth-order valence-electron chi connectivity index (χ4n) is 1.87. The van der Waals surface area contributed by atoms with Crippen LogP contribution in [0.5, 0.6) is 0 Å². The summed E-state index contributed by atoms with van der Waals surface area (Å²) in [5.74, 6) is -0.240. The zero-order chi connectivity index (χ0) is 16.0. The van der Waals surface area contributed by atoms with E-state index < -0.39 is 10.1 Å². The monoisotopic (exact) mass is 340 g/mol. The molecule has 1 aromatic heterocycles. The van der Waals surface area contributed by atoms with Crippen molar-refractivity contribution < 1.29 is 17.5 Å². The number of aryl methyl sites for hydroxylation is 1. The first-order valence-electron chi connectivity index (χ1n) is 6.70. The molecule has 1 N–H and O–H groups in total. The molecule has 0 atom stereocenters. The molecule has 0 aliphatic rings. The lowest BCUT2D eigenvalue weighted by molar-refractivity contribution is -0.692. The first-order valence-corrected chi connectivity index (χ1v) is 9.19. The molecule has 1 aromatic carbocycles. The molecule has 22 heavy (non-hydrogen) atoms. The van der Waals surface area contributed by atoms with Gasteiger partial charge in [-0.3, -0.25) is 9.56 Å². The van der Waals surface area contributed by atoms with Crippen LogP contribution < -0.4 is 9.58 Å². The van der Waals surface area contributed by atoms with Crippen molar-refractivity contribution in [2.45, 2.75) is 13.0 Å². The Morgan fingerprint density at radius 1 is 1.36 bits per heavy atom. The van der Waals surface area contributed by atoms with E-state index in [9.17, 15) is 8.42 Å². The Balaban J connectivity index is 1.99. The standard InChI is InChI=1S/C14H17N3O3S2/c1-16(13-6-3-2-4-7-13)15-12-14-17(9-10-21-14)8-5-11-22(18,19)20/h2-4,6-7,9-10,12H,5,8,11H2,1H3/p+1. The van der Waals surface area contributed by atoms with E-state index in [1.807, 2.05) is 53.5 Å². The van der Waals surface area contributed by atoms with Crippen LogP contribution in [0.3, 0.4) is 0 Å². The number of hydrogen-bond donors (Lipinski definition) is 1. The summed E-state index contributed by atoms with van der Waals surface area (Å²) in [5, 5.41) is 8.98. The largest absolute Gasteiger partial charge is 0.286 e. The molecule has 0 aliphatic heterocycles. The molecule has 2 aromatic rings. The number of hydrazone groups is 1. The molecule has 6 nitrogen and oxygen atoms in total. The van der Waals surface area contributed by atoms with Crippen LogP contribution in [0.4, 0.5) is 5.69 Å². The Kier molecular flexibility index (Phi) is 5.64. The van der Waals surface area contributed by atoms with Gasteiger partial charge in [0.25, 0.3) is 15.1 Å². The van der Waals surface area contributed by atoms with Gasteiger partial charge in [0.2, 0.25) is 0 Å². The average Bonchev–Trinajstić information content (AvgIpc) is 2.92. The van der Waals surface area contributed by atoms with Crippen LogP contribution >= 0.6 is 11.3 Å². The van der Waals surface area contributed by atoms with E-state index in [0.29, 0.717) is 13.0 Å². The summed E-state index contributed by atoms with van der Waals surface area (Å²) in [7, 11) is -2.04. The van der Waals surface area contributed by atoms with Crippen molar-refractivity contribution in [1.29, 1.82) is 0 Å². The lowest BCUT2D eigenvalue weighted by atomic mass is 10.3. The maximum absolute atomic E-state index is 10.7. The van der Waals surface area contributed by atoms with E-state index in [-0.39, 0.29) is 5.75 Å². The lowest BCUT2D eigenvalue weighted by Gasteiger charge is -2.11. The summed E-state index contributed by atoms with van der Waals surface area (Å²) in [4.78, 5) is 0. The SMILES string of the molecule is CN(/N=C/c1scc[n+]1CCCS(=O)(=O)O)c1ccccc1. The maximum atomic E-state index is 10.7. The molecular formula is C14H18N3O3S2+. The average molecular weight is 340 g/mol. The van der Waals surface area contributed by atoms with Crippen LogP contribution in [0.2, 0.25) is 0 Å². The van der Waals surface area contributed by atoms with Crippen LogP contribution in [0.1, 0.15) is 11.4 Å². The highest BCUT2D eigenvalue weighted by Gasteiger charge is 2.13. The maximum Gasteiger partial charge on any atom is 0.282 e. The number of thiazole rings is 1.